The Kier molecular flexibility index (Phi) is 6.61. The zero-order chi connectivity index (χ0) is 25.3. The topological polar surface area (TPSA) is 114 Å². The number of likely N-dealkylation sites (N-methyl/N-ethyl adjacent to an activating group) is 1. The van der Waals surface area contributed by atoms with Crippen molar-refractivity contribution in [1.82, 2.24) is 19.4 Å². The van der Waals surface area contributed by atoms with Gasteiger partial charge in [-0.2, -0.15) is 0 Å². The summed E-state index contributed by atoms with van der Waals surface area (Å²) in [5.74, 6) is -1.05. The second kappa shape index (κ2) is 9.63. The van der Waals surface area contributed by atoms with Crippen molar-refractivity contribution in [2.45, 2.75) is 26.4 Å². The molecular weight excluding hydrogens is 449 g/mol. The van der Waals surface area contributed by atoms with E-state index < -0.39 is 12.0 Å². The maximum absolute atomic E-state index is 14.4. The molecule has 2 aromatic carbocycles. The molecule has 0 saturated carbocycles. The molecule has 8 nitrogen and oxygen atoms in total. The first-order valence-electron chi connectivity index (χ1n) is 11.2. The van der Waals surface area contributed by atoms with E-state index in [1.165, 1.54) is 18.0 Å². The van der Waals surface area contributed by atoms with Crippen molar-refractivity contribution in [3.05, 3.63) is 77.5 Å². The Morgan fingerprint density at radius 3 is 2.51 bits per heavy atom. The number of primary amides is 1. The van der Waals surface area contributed by atoms with Crippen LogP contribution in [0, 0.1) is 5.82 Å². The number of hydrogen-bond donors (Lipinski definition) is 2. The zero-order valence-electron chi connectivity index (χ0n) is 19.7. The average Bonchev–Trinajstić information content (AvgIpc) is 3.23. The van der Waals surface area contributed by atoms with Crippen LogP contribution in [0.4, 0.5) is 4.39 Å². The lowest BCUT2D eigenvalue weighted by atomic mass is 10.0. The molecule has 35 heavy (non-hydrogen) atoms. The van der Waals surface area contributed by atoms with Crippen molar-refractivity contribution >= 4 is 22.7 Å². The fourth-order valence-electron chi connectivity index (χ4n) is 4.01. The third-order valence-electron chi connectivity index (χ3n) is 5.88. The summed E-state index contributed by atoms with van der Waals surface area (Å²) in [6, 6.07) is 9.99. The van der Waals surface area contributed by atoms with Gasteiger partial charge in [-0.25, -0.2) is 14.4 Å². The second-order valence-electron chi connectivity index (χ2n) is 8.43. The van der Waals surface area contributed by atoms with Crippen molar-refractivity contribution in [2.75, 3.05) is 13.6 Å². The number of amides is 2. The predicted octanol–water partition coefficient (Wildman–Crippen LogP) is 3.40. The number of nitrogens with two attached hydrogens (primary N) is 1. The number of aromatic nitrogens is 3. The normalized spacial score (nSPS) is 12.0. The minimum atomic E-state index is -0.775. The van der Waals surface area contributed by atoms with Crippen LogP contribution in [0.1, 0.15) is 41.4 Å². The molecule has 1 atom stereocenters. The average molecular weight is 476 g/mol. The number of aryl methyl sites for hydroxylation is 1. The van der Waals surface area contributed by atoms with Crippen LogP contribution in [0.15, 0.2) is 55.0 Å². The standard InChI is InChI=1S/C26H26FN5O3/c1-4-16-5-8-22(27)20(9-16)18-11-29-26(30-12-18)32-13-21(15(2)33)19-7-6-17(10-23(19)32)25(35)31(3)14-24(28)34/h5-13,15,33H,4,14H2,1-3H3,(H2,28,34). The highest BCUT2D eigenvalue weighted by atomic mass is 19.1. The van der Waals surface area contributed by atoms with E-state index in [1.54, 1.807) is 60.4 Å². The van der Waals surface area contributed by atoms with Crippen molar-refractivity contribution in [3.8, 4) is 17.1 Å². The lowest BCUT2D eigenvalue weighted by Gasteiger charge is -2.15. The molecule has 0 saturated heterocycles. The van der Waals surface area contributed by atoms with Crippen LogP contribution in [-0.2, 0) is 11.2 Å². The van der Waals surface area contributed by atoms with Gasteiger partial charge in [0.1, 0.15) is 5.82 Å². The third kappa shape index (κ3) is 4.76. The number of aliphatic hydroxyl groups excluding tert-OH is 1. The highest BCUT2D eigenvalue weighted by Gasteiger charge is 2.19. The highest BCUT2D eigenvalue weighted by molar-refractivity contribution is 6.00. The van der Waals surface area contributed by atoms with Crippen molar-refractivity contribution in [3.63, 3.8) is 0 Å². The van der Waals surface area contributed by atoms with Crippen LogP contribution in [0.3, 0.4) is 0 Å². The van der Waals surface area contributed by atoms with E-state index in [0.29, 0.717) is 33.7 Å². The third-order valence-corrected chi connectivity index (χ3v) is 5.88. The van der Waals surface area contributed by atoms with Crippen LogP contribution in [0.2, 0.25) is 0 Å². The number of halogens is 1. The van der Waals surface area contributed by atoms with E-state index in [9.17, 15) is 19.1 Å². The number of nitrogens with zero attached hydrogens (tertiary/aromatic N) is 4. The summed E-state index contributed by atoms with van der Waals surface area (Å²) in [5, 5.41) is 11.0. The van der Waals surface area contributed by atoms with E-state index in [-0.39, 0.29) is 18.3 Å². The highest BCUT2D eigenvalue weighted by Crippen LogP contribution is 2.30. The lowest BCUT2D eigenvalue weighted by Crippen LogP contribution is -2.35. The molecule has 4 rings (SSSR count). The molecule has 0 aliphatic rings. The number of carbonyl (C=O) groups is 2. The zero-order valence-corrected chi connectivity index (χ0v) is 19.7. The van der Waals surface area contributed by atoms with Gasteiger partial charge < -0.3 is 15.7 Å². The molecule has 2 amide bonds. The minimum Gasteiger partial charge on any atom is -0.389 e. The first kappa shape index (κ1) is 24.0. The Balaban J connectivity index is 1.78. The summed E-state index contributed by atoms with van der Waals surface area (Å²) >= 11 is 0. The number of carbonyl (C=O) groups excluding carboxylic acids is 2. The molecule has 1 unspecified atom stereocenters. The molecule has 180 valence electrons. The van der Waals surface area contributed by atoms with Crippen LogP contribution in [0.25, 0.3) is 28.0 Å². The Morgan fingerprint density at radius 2 is 1.89 bits per heavy atom. The molecule has 0 fully saturated rings. The molecule has 2 heterocycles. The molecular formula is C26H26FN5O3. The van der Waals surface area contributed by atoms with E-state index in [1.807, 2.05) is 6.92 Å². The Labute approximate surface area is 201 Å². The second-order valence-corrected chi connectivity index (χ2v) is 8.43. The summed E-state index contributed by atoms with van der Waals surface area (Å²) < 4.78 is 16.1. The molecule has 0 spiro atoms. The molecule has 0 radical (unpaired) electrons. The molecule has 2 aromatic heterocycles. The largest absolute Gasteiger partial charge is 0.389 e. The first-order valence-corrected chi connectivity index (χ1v) is 11.2. The van der Waals surface area contributed by atoms with Crippen LogP contribution in [0.5, 0.6) is 0 Å². The summed E-state index contributed by atoms with van der Waals surface area (Å²) in [6.07, 6.45) is 4.81. The number of hydrogen-bond acceptors (Lipinski definition) is 5. The van der Waals surface area contributed by atoms with Gasteiger partial charge in [-0.05, 0) is 43.2 Å². The molecule has 0 bridgehead atoms. The predicted molar refractivity (Wildman–Crippen MR) is 130 cm³/mol. The smallest absolute Gasteiger partial charge is 0.254 e. The van der Waals surface area contributed by atoms with Crippen molar-refractivity contribution in [2.24, 2.45) is 5.73 Å². The van der Waals surface area contributed by atoms with Crippen LogP contribution < -0.4 is 5.73 Å². The molecule has 3 N–H and O–H groups in total. The van der Waals surface area contributed by atoms with Crippen molar-refractivity contribution in [1.29, 1.82) is 0 Å². The van der Waals surface area contributed by atoms with E-state index in [4.69, 9.17) is 5.73 Å². The van der Waals surface area contributed by atoms with Crippen molar-refractivity contribution < 1.29 is 19.1 Å². The van der Waals surface area contributed by atoms with Gasteiger partial charge in [0, 0.05) is 53.3 Å². The SMILES string of the molecule is CCc1ccc(F)c(-c2cnc(-n3cc(C(C)O)c4ccc(C(=O)N(C)CC(N)=O)cc43)nc2)c1. The fourth-order valence-corrected chi connectivity index (χ4v) is 4.01. The number of rotatable bonds is 7. The van der Waals surface area contributed by atoms with Gasteiger partial charge in [-0.1, -0.05) is 19.1 Å². The first-order chi connectivity index (χ1) is 16.7. The van der Waals surface area contributed by atoms with Gasteiger partial charge in [-0.3, -0.25) is 14.2 Å². The number of fused-ring (bicyclic) bond motifs is 1. The van der Waals surface area contributed by atoms with E-state index >= 15 is 0 Å². The maximum atomic E-state index is 14.4. The number of benzene rings is 2. The van der Waals surface area contributed by atoms with Gasteiger partial charge >= 0.3 is 0 Å². The summed E-state index contributed by atoms with van der Waals surface area (Å²) in [7, 11) is 1.49. The molecule has 4 aromatic rings. The molecule has 9 heteroatoms. The summed E-state index contributed by atoms with van der Waals surface area (Å²) in [4.78, 5) is 34.1. The quantitative estimate of drug-likeness (QED) is 0.425. The van der Waals surface area contributed by atoms with Gasteiger partial charge in [-0.15, -0.1) is 0 Å². The lowest BCUT2D eigenvalue weighted by molar-refractivity contribution is -0.118. The monoisotopic (exact) mass is 475 g/mol. The Morgan fingerprint density at radius 1 is 1.17 bits per heavy atom. The van der Waals surface area contributed by atoms with Gasteiger partial charge in [0.15, 0.2) is 0 Å². The molecule has 0 aliphatic heterocycles. The van der Waals surface area contributed by atoms with Gasteiger partial charge in [0.25, 0.3) is 5.91 Å². The summed E-state index contributed by atoms with van der Waals surface area (Å²) in [5.41, 5.74) is 8.75. The Hall–Kier alpha value is -4.11. The van der Waals surface area contributed by atoms with Gasteiger partial charge in [0.05, 0.1) is 18.2 Å². The molecule has 0 aliphatic carbocycles. The van der Waals surface area contributed by atoms with Gasteiger partial charge in [0.2, 0.25) is 11.9 Å². The minimum absolute atomic E-state index is 0.211. The van der Waals surface area contributed by atoms with Crippen LogP contribution in [-0.4, -0.2) is 49.9 Å². The fraction of sp³-hybridized carbons (Fsp3) is 0.231. The van der Waals surface area contributed by atoms with Crippen LogP contribution >= 0.6 is 0 Å². The number of aliphatic hydroxyl groups is 1. The maximum Gasteiger partial charge on any atom is 0.254 e. The summed E-state index contributed by atoms with van der Waals surface area (Å²) in [6.45, 7) is 3.43. The van der Waals surface area contributed by atoms with E-state index in [0.717, 1.165) is 17.4 Å². The Bertz CT molecular complexity index is 1410. The van der Waals surface area contributed by atoms with E-state index in [2.05, 4.69) is 9.97 Å².